The molecular formula is C10H13N5O. The van der Waals surface area contributed by atoms with Crippen LogP contribution in [-0.4, -0.2) is 46.2 Å². The summed E-state index contributed by atoms with van der Waals surface area (Å²) in [6.45, 7) is 3.34. The molecule has 2 aromatic heterocycles. The first kappa shape index (κ1) is 9.53. The smallest absolute Gasteiger partial charge is 0.227 e. The lowest BCUT2D eigenvalue weighted by Crippen LogP contribution is -2.27. The zero-order valence-corrected chi connectivity index (χ0v) is 8.89. The molecule has 0 saturated carbocycles. The Hall–Kier alpha value is -1.69. The first-order valence-electron chi connectivity index (χ1n) is 5.42. The van der Waals surface area contributed by atoms with Crippen molar-refractivity contribution < 1.29 is 4.74 Å². The van der Waals surface area contributed by atoms with Crippen molar-refractivity contribution in [2.24, 2.45) is 0 Å². The SMILES string of the molecule is c1nc2nc(N3CCCOCC3)ncc2[nH]1. The largest absolute Gasteiger partial charge is 0.380 e. The number of H-pyrrole nitrogens is 1. The molecule has 1 N–H and O–H groups in total. The number of aromatic amines is 1. The molecule has 1 aliphatic rings. The number of rotatable bonds is 1. The number of anilines is 1. The predicted octanol–water partition coefficient (Wildman–Crippen LogP) is 0.580. The second-order valence-corrected chi connectivity index (χ2v) is 3.76. The molecule has 1 aliphatic heterocycles. The lowest BCUT2D eigenvalue weighted by atomic mass is 10.4. The number of imidazole rings is 1. The zero-order chi connectivity index (χ0) is 10.8. The van der Waals surface area contributed by atoms with Crippen LogP contribution in [0.15, 0.2) is 12.5 Å². The van der Waals surface area contributed by atoms with E-state index in [2.05, 4.69) is 24.8 Å². The fourth-order valence-electron chi connectivity index (χ4n) is 1.83. The van der Waals surface area contributed by atoms with Gasteiger partial charge in [0.2, 0.25) is 5.95 Å². The molecule has 3 heterocycles. The molecule has 0 unspecified atom stereocenters. The van der Waals surface area contributed by atoms with Crippen molar-refractivity contribution in [3.8, 4) is 0 Å². The second kappa shape index (κ2) is 4.05. The molecule has 0 aromatic carbocycles. The highest BCUT2D eigenvalue weighted by Gasteiger charge is 2.13. The van der Waals surface area contributed by atoms with Gasteiger partial charge in [0.25, 0.3) is 0 Å². The highest BCUT2D eigenvalue weighted by atomic mass is 16.5. The maximum atomic E-state index is 5.40. The van der Waals surface area contributed by atoms with Crippen LogP contribution in [0.3, 0.4) is 0 Å². The van der Waals surface area contributed by atoms with Crippen molar-refractivity contribution in [3.05, 3.63) is 12.5 Å². The summed E-state index contributed by atoms with van der Waals surface area (Å²) in [5, 5.41) is 0. The second-order valence-electron chi connectivity index (χ2n) is 3.76. The number of nitrogens with zero attached hydrogens (tertiary/aromatic N) is 4. The van der Waals surface area contributed by atoms with Crippen LogP contribution in [0.4, 0.5) is 5.95 Å². The standard InChI is InChI=1S/C10H13N5O/c1-2-15(3-5-16-4-1)10-11-6-8-9(14-10)13-7-12-8/h6-7H,1-5H2,(H,11,12,13,14). The third-order valence-electron chi connectivity index (χ3n) is 2.67. The minimum absolute atomic E-state index is 0.718. The van der Waals surface area contributed by atoms with Crippen LogP contribution in [0.5, 0.6) is 0 Å². The molecule has 0 amide bonds. The summed E-state index contributed by atoms with van der Waals surface area (Å²) in [5.41, 5.74) is 1.59. The van der Waals surface area contributed by atoms with Crippen LogP contribution in [0, 0.1) is 0 Å². The number of aromatic nitrogens is 4. The van der Waals surface area contributed by atoms with E-state index in [-0.39, 0.29) is 0 Å². The van der Waals surface area contributed by atoms with Crippen molar-refractivity contribution in [1.82, 2.24) is 19.9 Å². The number of hydrogen-bond donors (Lipinski definition) is 1. The Labute approximate surface area is 92.7 Å². The molecule has 6 nitrogen and oxygen atoms in total. The van der Waals surface area contributed by atoms with Gasteiger partial charge in [-0.25, -0.2) is 9.97 Å². The van der Waals surface area contributed by atoms with Gasteiger partial charge >= 0.3 is 0 Å². The van der Waals surface area contributed by atoms with E-state index in [1.807, 2.05) is 0 Å². The van der Waals surface area contributed by atoms with Crippen LogP contribution in [0.2, 0.25) is 0 Å². The summed E-state index contributed by atoms with van der Waals surface area (Å²) in [7, 11) is 0. The molecule has 0 radical (unpaired) electrons. The molecule has 1 saturated heterocycles. The number of nitrogens with one attached hydrogen (secondary N) is 1. The Morgan fingerprint density at radius 1 is 1.25 bits per heavy atom. The fourth-order valence-corrected chi connectivity index (χ4v) is 1.83. The van der Waals surface area contributed by atoms with E-state index in [9.17, 15) is 0 Å². The van der Waals surface area contributed by atoms with Gasteiger partial charge in [0.15, 0.2) is 5.65 Å². The lowest BCUT2D eigenvalue weighted by Gasteiger charge is -2.18. The summed E-state index contributed by atoms with van der Waals surface area (Å²) in [6, 6.07) is 0. The summed E-state index contributed by atoms with van der Waals surface area (Å²) >= 11 is 0. The third kappa shape index (κ3) is 1.71. The molecule has 0 aliphatic carbocycles. The van der Waals surface area contributed by atoms with E-state index in [0.717, 1.165) is 49.8 Å². The van der Waals surface area contributed by atoms with Crippen LogP contribution in [0.1, 0.15) is 6.42 Å². The minimum Gasteiger partial charge on any atom is -0.380 e. The number of hydrogen-bond acceptors (Lipinski definition) is 5. The van der Waals surface area contributed by atoms with Crippen molar-refractivity contribution >= 4 is 17.1 Å². The van der Waals surface area contributed by atoms with E-state index < -0.39 is 0 Å². The van der Waals surface area contributed by atoms with E-state index >= 15 is 0 Å². The van der Waals surface area contributed by atoms with Crippen molar-refractivity contribution in [1.29, 1.82) is 0 Å². The molecule has 0 bridgehead atoms. The fraction of sp³-hybridized carbons (Fsp3) is 0.500. The number of ether oxygens (including phenoxy) is 1. The molecule has 0 spiro atoms. The molecule has 16 heavy (non-hydrogen) atoms. The molecular weight excluding hydrogens is 206 g/mol. The van der Waals surface area contributed by atoms with Crippen molar-refractivity contribution in [2.45, 2.75) is 6.42 Å². The average molecular weight is 219 g/mol. The van der Waals surface area contributed by atoms with E-state index in [4.69, 9.17) is 4.74 Å². The maximum absolute atomic E-state index is 5.40. The quantitative estimate of drug-likeness (QED) is 0.760. The molecule has 84 valence electrons. The highest BCUT2D eigenvalue weighted by molar-refractivity contribution is 5.69. The Balaban J connectivity index is 1.91. The van der Waals surface area contributed by atoms with Crippen molar-refractivity contribution in [2.75, 3.05) is 31.2 Å². The molecule has 6 heteroatoms. The Morgan fingerprint density at radius 3 is 3.25 bits per heavy atom. The lowest BCUT2D eigenvalue weighted by molar-refractivity contribution is 0.152. The van der Waals surface area contributed by atoms with Gasteiger partial charge in [0, 0.05) is 19.7 Å². The maximum Gasteiger partial charge on any atom is 0.227 e. The van der Waals surface area contributed by atoms with Crippen LogP contribution in [0.25, 0.3) is 11.2 Å². The third-order valence-corrected chi connectivity index (χ3v) is 2.67. The van der Waals surface area contributed by atoms with Gasteiger partial charge in [0.1, 0.15) is 5.52 Å². The minimum atomic E-state index is 0.718. The van der Waals surface area contributed by atoms with E-state index in [1.165, 1.54) is 0 Å². The van der Waals surface area contributed by atoms with Crippen LogP contribution >= 0.6 is 0 Å². The molecule has 1 fully saturated rings. The van der Waals surface area contributed by atoms with E-state index in [0.29, 0.717) is 0 Å². The first-order chi connectivity index (χ1) is 7.93. The van der Waals surface area contributed by atoms with Gasteiger partial charge in [-0.3, -0.25) is 0 Å². The predicted molar refractivity (Wildman–Crippen MR) is 59.3 cm³/mol. The zero-order valence-electron chi connectivity index (χ0n) is 8.89. The van der Waals surface area contributed by atoms with Crippen molar-refractivity contribution in [3.63, 3.8) is 0 Å². The Bertz CT molecular complexity index is 475. The van der Waals surface area contributed by atoms with Crippen LogP contribution < -0.4 is 4.90 Å². The summed E-state index contributed by atoms with van der Waals surface area (Å²) in [5.74, 6) is 0.741. The van der Waals surface area contributed by atoms with Gasteiger partial charge in [-0.05, 0) is 6.42 Å². The van der Waals surface area contributed by atoms with Gasteiger partial charge in [-0.15, -0.1) is 0 Å². The highest BCUT2D eigenvalue weighted by Crippen LogP contribution is 2.13. The summed E-state index contributed by atoms with van der Waals surface area (Å²) < 4.78 is 5.40. The summed E-state index contributed by atoms with van der Waals surface area (Å²) in [4.78, 5) is 18.0. The normalized spacial score (nSPS) is 17.6. The van der Waals surface area contributed by atoms with Gasteiger partial charge in [-0.1, -0.05) is 0 Å². The molecule has 2 aromatic rings. The topological polar surface area (TPSA) is 66.9 Å². The average Bonchev–Trinajstić information content (AvgIpc) is 2.61. The van der Waals surface area contributed by atoms with Gasteiger partial charge < -0.3 is 14.6 Å². The van der Waals surface area contributed by atoms with E-state index in [1.54, 1.807) is 12.5 Å². The first-order valence-corrected chi connectivity index (χ1v) is 5.42. The summed E-state index contributed by atoms with van der Waals surface area (Å²) in [6.07, 6.45) is 4.42. The molecule has 0 atom stereocenters. The van der Waals surface area contributed by atoms with Gasteiger partial charge in [0.05, 0.1) is 19.1 Å². The van der Waals surface area contributed by atoms with Gasteiger partial charge in [-0.2, -0.15) is 4.98 Å². The van der Waals surface area contributed by atoms with Crippen LogP contribution in [-0.2, 0) is 4.74 Å². The Kier molecular flexibility index (Phi) is 2.41. The molecule has 3 rings (SSSR count). The monoisotopic (exact) mass is 219 g/mol. The number of fused-ring (bicyclic) bond motifs is 1. The Morgan fingerprint density at radius 2 is 2.25 bits per heavy atom.